The van der Waals surface area contributed by atoms with Crippen molar-refractivity contribution in [2.75, 3.05) is 20.2 Å². The predicted molar refractivity (Wildman–Crippen MR) is 72.9 cm³/mol. The van der Waals surface area contributed by atoms with E-state index in [2.05, 4.69) is 0 Å². The summed E-state index contributed by atoms with van der Waals surface area (Å²) < 4.78 is 5.19. The lowest BCUT2D eigenvalue weighted by molar-refractivity contribution is -0.145. The number of carbonyl (C=O) groups is 2. The standard InChI is InChI=1S/C14H19NO5/c1-3-15(9-8-12(16)17)13(14(18)19)10-6-4-5-7-11(10)20-2/h4-7,13H,3,8-9H2,1-2H3,(H,16,17)(H,18,19). The highest BCUT2D eigenvalue weighted by molar-refractivity contribution is 5.77. The minimum Gasteiger partial charge on any atom is -0.496 e. The Morgan fingerprint density at radius 2 is 1.95 bits per heavy atom. The third kappa shape index (κ3) is 3.96. The number of methoxy groups -OCH3 is 1. The van der Waals surface area contributed by atoms with Crippen LogP contribution in [0.25, 0.3) is 0 Å². The van der Waals surface area contributed by atoms with E-state index in [1.54, 1.807) is 36.1 Å². The van der Waals surface area contributed by atoms with Crippen molar-refractivity contribution in [2.24, 2.45) is 0 Å². The number of para-hydroxylation sites is 1. The first-order valence-corrected chi connectivity index (χ1v) is 6.32. The number of hydrogen-bond donors (Lipinski definition) is 2. The van der Waals surface area contributed by atoms with E-state index in [1.807, 2.05) is 0 Å². The fourth-order valence-corrected chi connectivity index (χ4v) is 2.09. The van der Waals surface area contributed by atoms with Gasteiger partial charge in [0.1, 0.15) is 11.8 Å². The van der Waals surface area contributed by atoms with Crippen LogP contribution in [0.2, 0.25) is 0 Å². The van der Waals surface area contributed by atoms with Crippen LogP contribution in [0.15, 0.2) is 24.3 Å². The lowest BCUT2D eigenvalue weighted by Gasteiger charge is -2.28. The molecule has 0 aliphatic rings. The highest BCUT2D eigenvalue weighted by Crippen LogP contribution is 2.29. The molecule has 0 aliphatic heterocycles. The number of likely N-dealkylation sites (N-methyl/N-ethyl adjacent to an activating group) is 1. The molecule has 0 aromatic heterocycles. The molecule has 1 atom stereocenters. The number of hydrogen-bond acceptors (Lipinski definition) is 4. The van der Waals surface area contributed by atoms with Crippen LogP contribution in [0.1, 0.15) is 24.9 Å². The molecular formula is C14H19NO5. The topological polar surface area (TPSA) is 87.1 Å². The first kappa shape index (κ1) is 16.0. The first-order chi connectivity index (χ1) is 9.51. The second kappa shape index (κ2) is 7.49. The van der Waals surface area contributed by atoms with Crippen LogP contribution in [0.5, 0.6) is 5.75 Å². The van der Waals surface area contributed by atoms with Crippen molar-refractivity contribution in [3.05, 3.63) is 29.8 Å². The Labute approximate surface area is 117 Å². The molecule has 0 spiro atoms. The minimum absolute atomic E-state index is 0.104. The molecule has 1 aromatic rings. The Hall–Kier alpha value is -2.08. The Bertz CT molecular complexity index is 474. The summed E-state index contributed by atoms with van der Waals surface area (Å²) in [6, 6.07) is 5.95. The van der Waals surface area contributed by atoms with E-state index in [0.717, 1.165) is 0 Å². The SMILES string of the molecule is CCN(CCC(=O)O)C(C(=O)O)c1ccccc1OC. The smallest absolute Gasteiger partial charge is 0.325 e. The molecule has 0 fully saturated rings. The molecule has 0 radical (unpaired) electrons. The second-order valence-corrected chi connectivity index (χ2v) is 4.26. The summed E-state index contributed by atoms with van der Waals surface area (Å²) in [5.41, 5.74) is 0.523. The van der Waals surface area contributed by atoms with Crippen molar-refractivity contribution in [3.63, 3.8) is 0 Å². The minimum atomic E-state index is -1.03. The van der Waals surface area contributed by atoms with Gasteiger partial charge in [-0.3, -0.25) is 14.5 Å². The molecule has 0 bridgehead atoms. The summed E-state index contributed by atoms with van der Waals surface area (Å²) in [5, 5.41) is 18.2. The van der Waals surface area contributed by atoms with E-state index in [-0.39, 0.29) is 13.0 Å². The van der Waals surface area contributed by atoms with Crippen molar-refractivity contribution >= 4 is 11.9 Å². The molecule has 0 amide bonds. The normalized spacial score (nSPS) is 12.2. The zero-order valence-electron chi connectivity index (χ0n) is 11.6. The molecule has 0 saturated carbocycles. The number of ether oxygens (including phenoxy) is 1. The fraction of sp³-hybridized carbons (Fsp3) is 0.429. The van der Waals surface area contributed by atoms with E-state index in [1.165, 1.54) is 7.11 Å². The summed E-state index contributed by atoms with van der Waals surface area (Å²) in [6.45, 7) is 2.40. The molecule has 0 aliphatic carbocycles. The van der Waals surface area contributed by atoms with Gasteiger partial charge in [-0.2, -0.15) is 0 Å². The Morgan fingerprint density at radius 1 is 1.30 bits per heavy atom. The number of carboxylic acid groups (broad SMARTS) is 2. The van der Waals surface area contributed by atoms with Crippen LogP contribution >= 0.6 is 0 Å². The second-order valence-electron chi connectivity index (χ2n) is 4.26. The number of aliphatic carboxylic acids is 2. The molecule has 110 valence electrons. The lowest BCUT2D eigenvalue weighted by Crippen LogP contribution is -2.35. The van der Waals surface area contributed by atoms with Crippen molar-refractivity contribution in [1.82, 2.24) is 4.90 Å². The maximum absolute atomic E-state index is 11.6. The molecule has 0 heterocycles. The van der Waals surface area contributed by atoms with Crippen LogP contribution in [0.3, 0.4) is 0 Å². The summed E-state index contributed by atoms with van der Waals surface area (Å²) in [6.07, 6.45) is -0.104. The number of carboxylic acids is 2. The van der Waals surface area contributed by atoms with Gasteiger partial charge >= 0.3 is 11.9 Å². The van der Waals surface area contributed by atoms with E-state index < -0.39 is 18.0 Å². The summed E-state index contributed by atoms with van der Waals surface area (Å²) in [7, 11) is 1.48. The van der Waals surface area contributed by atoms with Crippen LogP contribution in [-0.4, -0.2) is 47.3 Å². The molecule has 1 unspecified atom stereocenters. The molecule has 1 aromatic carbocycles. The molecular weight excluding hydrogens is 262 g/mol. The number of benzene rings is 1. The largest absolute Gasteiger partial charge is 0.496 e. The van der Waals surface area contributed by atoms with Gasteiger partial charge in [0.15, 0.2) is 0 Å². The van der Waals surface area contributed by atoms with Gasteiger partial charge in [-0.1, -0.05) is 25.1 Å². The van der Waals surface area contributed by atoms with Crippen molar-refractivity contribution in [3.8, 4) is 5.75 Å². The number of nitrogens with zero attached hydrogens (tertiary/aromatic N) is 1. The van der Waals surface area contributed by atoms with Gasteiger partial charge in [-0.15, -0.1) is 0 Å². The van der Waals surface area contributed by atoms with Gasteiger partial charge in [0.05, 0.1) is 13.5 Å². The Kier molecular flexibility index (Phi) is 5.99. The van der Waals surface area contributed by atoms with Gasteiger partial charge in [0.25, 0.3) is 0 Å². The van der Waals surface area contributed by atoms with Crippen LogP contribution in [-0.2, 0) is 9.59 Å². The summed E-state index contributed by atoms with van der Waals surface area (Å²) in [4.78, 5) is 23.8. The zero-order valence-corrected chi connectivity index (χ0v) is 11.6. The molecule has 1 rings (SSSR count). The molecule has 20 heavy (non-hydrogen) atoms. The lowest BCUT2D eigenvalue weighted by atomic mass is 10.0. The molecule has 0 saturated heterocycles. The predicted octanol–water partition coefficient (Wildman–Crippen LogP) is 1.62. The van der Waals surface area contributed by atoms with Crippen molar-refractivity contribution in [1.29, 1.82) is 0 Å². The quantitative estimate of drug-likeness (QED) is 0.753. The monoisotopic (exact) mass is 281 g/mol. The third-order valence-electron chi connectivity index (χ3n) is 3.05. The van der Waals surface area contributed by atoms with Gasteiger partial charge < -0.3 is 14.9 Å². The molecule has 2 N–H and O–H groups in total. The summed E-state index contributed by atoms with van der Waals surface area (Å²) >= 11 is 0. The average Bonchev–Trinajstić information content (AvgIpc) is 2.42. The van der Waals surface area contributed by atoms with Gasteiger partial charge in [0.2, 0.25) is 0 Å². The van der Waals surface area contributed by atoms with E-state index in [0.29, 0.717) is 17.9 Å². The third-order valence-corrected chi connectivity index (χ3v) is 3.05. The Morgan fingerprint density at radius 3 is 2.45 bits per heavy atom. The first-order valence-electron chi connectivity index (χ1n) is 6.32. The summed E-state index contributed by atoms with van der Waals surface area (Å²) in [5.74, 6) is -1.50. The van der Waals surface area contributed by atoms with E-state index in [4.69, 9.17) is 9.84 Å². The van der Waals surface area contributed by atoms with Crippen molar-refractivity contribution in [2.45, 2.75) is 19.4 Å². The maximum Gasteiger partial charge on any atom is 0.325 e. The van der Waals surface area contributed by atoms with Gasteiger partial charge in [0, 0.05) is 12.1 Å². The van der Waals surface area contributed by atoms with E-state index in [9.17, 15) is 14.7 Å². The molecule has 6 heteroatoms. The van der Waals surface area contributed by atoms with Gasteiger partial charge in [-0.05, 0) is 12.6 Å². The maximum atomic E-state index is 11.6. The van der Waals surface area contributed by atoms with E-state index >= 15 is 0 Å². The van der Waals surface area contributed by atoms with Crippen molar-refractivity contribution < 1.29 is 24.5 Å². The van der Waals surface area contributed by atoms with Crippen LogP contribution in [0, 0.1) is 0 Å². The average molecular weight is 281 g/mol. The fourth-order valence-electron chi connectivity index (χ4n) is 2.09. The van der Waals surface area contributed by atoms with Gasteiger partial charge in [-0.25, -0.2) is 0 Å². The van der Waals surface area contributed by atoms with Crippen LogP contribution < -0.4 is 4.74 Å². The highest BCUT2D eigenvalue weighted by Gasteiger charge is 2.29. The zero-order chi connectivity index (χ0) is 15.1. The highest BCUT2D eigenvalue weighted by atomic mass is 16.5. The number of rotatable bonds is 8. The Balaban J connectivity index is 3.08. The van der Waals surface area contributed by atoms with Crippen LogP contribution in [0.4, 0.5) is 0 Å². The molecule has 6 nitrogen and oxygen atoms in total.